The highest BCUT2D eigenvalue weighted by molar-refractivity contribution is 6.36. The number of rotatable bonds is 9. The molecule has 15 heteroatoms. The lowest BCUT2D eigenvalue weighted by atomic mass is 9.95. The molecule has 1 fully saturated rings. The Morgan fingerprint density at radius 1 is 1.33 bits per heavy atom. The predicted octanol–water partition coefficient (Wildman–Crippen LogP) is 2.70. The lowest BCUT2D eigenvalue weighted by Crippen LogP contribution is -2.61. The standard InChI is InChI=1S/C27H34ClN11O3/c1-6-31-23-24-32-13-17(12-30)39(24)36-25(35-23)33-19-9-16(11-29)10-20(22(19)28)38-8-7-18(34-26(40)42-5)21(14-38)37(4)15-27(2,3)41/h9-10,13,18,21,41H,6-8,14-15H2,1-5H3,(H,34,40)(H2,31,33,35,36)/t18-,21+/m1/s1. The maximum absolute atomic E-state index is 12.1. The van der Waals surface area contributed by atoms with Crippen molar-refractivity contribution in [2.45, 2.75) is 44.9 Å². The van der Waals surface area contributed by atoms with Gasteiger partial charge < -0.3 is 30.7 Å². The second-order valence-corrected chi connectivity index (χ2v) is 11.0. The molecular formula is C27H34ClN11O3. The topological polar surface area (TPSA) is 180 Å². The van der Waals surface area contributed by atoms with Crippen molar-refractivity contribution in [1.29, 1.82) is 10.5 Å². The third kappa shape index (κ3) is 6.74. The van der Waals surface area contributed by atoms with Gasteiger partial charge in [-0.15, -0.1) is 5.10 Å². The van der Waals surface area contributed by atoms with Gasteiger partial charge in [0.15, 0.2) is 17.2 Å². The van der Waals surface area contributed by atoms with E-state index in [4.69, 9.17) is 16.3 Å². The van der Waals surface area contributed by atoms with Gasteiger partial charge in [0.1, 0.15) is 6.07 Å². The largest absolute Gasteiger partial charge is 0.453 e. The Bertz CT molecular complexity index is 1540. The van der Waals surface area contributed by atoms with E-state index in [0.717, 1.165) is 0 Å². The molecule has 0 bridgehead atoms. The van der Waals surface area contributed by atoms with Gasteiger partial charge in [-0.3, -0.25) is 4.90 Å². The van der Waals surface area contributed by atoms with Gasteiger partial charge in [-0.2, -0.15) is 20.0 Å². The fraction of sp³-hybridized carbons (Fsp3) is 0.481. The number of imidazole rings is 1. The Hall–Kier alpha value is -4.37. The molecule has 0 aliphatic carbocycles. The van der Waals surface area contributed by atoms with Crippen LogP contribution in [-0.2, 0) is 4.74 Å². The third-order valence-corrected chi connectivity index (χ3v) is 7.26. The Morgan fingerprint density at radius 3 is 2.74 bits per heavy atom. The summed E-state index contributed by atoms with van der Waals surface area (Å²) in [4.78, 5) is 24.9. The monoisotopic (exact) mass is 595 g/mol. The Balaban J connectivity index is 1.70. The lowest BCUT2D eigenvalue weighted by molar-refractivity contribution is 0.0233. The number of methoxy groups -OCH3 is 1. The van der Waals surface area contributed by atoms with Crippen LogP contribution in [0.2, 0.25) is 5.02 Å². The van der Waals surface area contributed by atoms with E-state index in [9.17, 15) is 20.4 Å². The molecule has 0 radical (unpaired) electrons. The number of nitrogens with zero attached hydrogens (tertiary/aromatic N) is 8. The van der Waals surface area contributed by atoms with Crippen molar-refractivity contribution >= 4 is 46.5 Å². The van der Waals surface area contributed by atoms with Crippen molar-refractivity contribution < 1.29 is 14.6 Å². The summed E-state index contributed by atoms with van der Waals surface area (Å²) in [5.74, 6) is 0.585. The maximum atomic E-state index is 12.1. The third-order valence-electron chi connectivity index (χ3n) is 6.86. The van der Waals surface area contributed by atoms with E-state index in [1.807, 2.05) is 23.8 Å². The summed E-state index contributed by atoms with van der Waals surface area (Å²) < 4.78 is 6.23. The number of aliphatic hydroxyl groups is 1. The molecule has 2 atom stereocenters. The summed E-state index contributed by atoms with van der Waals surface area (Å²) in [7, 11) is 3.21. The number of fused-ring (bicyclic) bond motifs is 1. The quantitative estimate of drug-likeness (QED) is 0.284. The van der Waals surface area contributed by atoms with Crippen LogP contribution < -0.4 is 20.9 Å². The molecule has 42 heavy (non-hydrogen) atoms. The number of aromatic nitrogens is 4. The van der Waals surface area contributed by atoms with Crippen molar-refractivity contribution in [2.75, 3.05) is 55.9 Å². The molecule has 1 amide bonds. The molecule has 1 aliphatic heterocycles. The van der Waals surface area contributed by atoms with E-state index in [2.05, 4.69) is 43.2 Å². The molecule has 222 valence electrons. The average Bonchev–Trinajstić information content (AvgIpc) is 3.37. The lowest BCUT2D eigenvalue weighted by Gasteiger charge is -2.45. The van der Waals surface area contributed by atoms with Crippen LogP contribution in [0.15, 0.2) is 18.3 Å². The number of nitrogens with one attached hydrogen (secondary N) is 3. The van der Waals surface area contributed by atoms with Gasteiger partial charge in [-0.05, 0) is 46.4 Å². The number of hydrogen-bond donors (Lipinski definition) is 4. The zero-order chi connectivity index (χ0) is 30.6. The van der Waals surface area contributed by atoms with Gasteiger partial charge in [0.05, 0.1) is 53.0 Å². The molecule has 1 saturated heterocycles. The molecule has 4 rings (SSSR count). The molecule has 0 spiro atoms. The number of carbonyl (C=O) groups excluding carboxylic acids is 1. The minimum absolute atomic E-state index is 0.152. The minimum Gasteiger partial charge on any atom is -0.453 e. The van der Waals surface area contributed by atoms with Crippen molar-refractivity contribution in [1.82, 2.24) is 29.8 Å². The molecule has 0 saturated carbocycles. The second-order valence-electron chi connectivity index (χ2n) is 10.7. The number of piperidine rings is 1. The van der Waals surface area contributed by atoms with E-state index in [1.54, 1.807) is 26.0 Å². The molecule has 0 unspecified atom stereocenters. The van der Waals surface area contributed by atoms with Crippen molar-refractivity contribution in [2.24, 2.45) is 0 Å². The van der Waals surface area contributed by atoms with Crippen LogP contribution in [0.25, 0.3) is 5.65 Å². The summed E-state index contributed by atoms with van der Waals surface area (Å²) in [5, 5.41) is 43.8. The zero-order valence-corrected chi connectivity index (χ0v) is 24.9. The molecule has 14 nitrogen and oxygen atoms in total. The van der Waals surface area contributed by atoms with Crippen molar-refractivity contribution in [3.63, 3.8) is 0 Å². The first-order valence-corrected chi connectivity index (χ1v) is 13.8. The van der Waals surface area contributed by atoms with E-state index in [-0.39, 0.29) is 23.7 Å². The van der Waals surface area contributed by atoms with Crippen LogP contribution in [0, 0.1) is 22.7 Å². The molecule has 1 aromatic carbocycles. The molecule has 3 heterocycles. The van der Waals surface area contributed by atoms with Gasteiger partial charge in [0.2, 0.25) is 5.95 Å². The van der Waals surface area contributed by atoms with Crippen LogP contribution in [0.4, 0.5) is 27.9 Å². The van der Waals surface area contributed by atoms with Gasteiger partial charge in [0.25, 0.3) is 0 Å². The first-order chi connectivity index (χ1) is 20.0. The number of alkyl carbamates (subject to hydrolysis) is 1. The highest BCUT2D eigenvalue weighted by Crippen LogP contribution is 2.37. The Morgan fingerprint density at radius 2 is 2.10 bits per heavy atom. The molecule has 2 aromatic heterocycles. The average molecular weight is 596 g/mol. The maximum Gasteiger partial charge on any atom is 0.407 e. The van der Waals surface area contributed by atoms with E-state index in [1.165, 1.54) is 17.8 Å². The summed E-state index contributed by atoms with van der Waals surface area (Å²) in [6, 6.07) is 7.12. The van der Waals surface area contributed by atoms with Gasteiger partial charge >= 0.3 is 6.09 Å². The smallest absolute Gasteiger partial charge is 0.407 e. The SMILES string of the molecule is CCNc1nc(Nc2cc(C#N)cc(N3CC[C@@H](NC(=O)OC)[C@@H](N(C)CC(C)(C)O)C3)c2Cl)nn2c(C#N)cnc12. The number of ether oxygens (including phenoxy) is 1. The van der Waals surface area contributed by atoms with Gasteiger partial charge in [0, 0.05) is 32.2 Å². The number of halogens is 1. The summed E-state index contributed by atoms with van der Waals surface area (Å²) in [6.45, 7) is 7.27. The normalized spacial score (nSPS) is 17.0. The Labute approximate surface area is 248 Å². The van der Waals surface area contributed by atoms with Gasteiger partial charge in [-0.1, -0.05) is 11.6 Å². The number of carbonyl (C=O) groups is 1. The summed E-state index contributed by atoms with van der Waals surface area (Å²) in [5.41, 5.74) is 1.06. The van der Waals surface area contributed by atoms with Gasteiger partial charge in [-0.25, -0.2) is 9.78 Å². The molecule has 4 N–H and O–H groups in total. The number of benzene rings is 1. The van der Waals surface area contributed by atoms with Crippen LogP contribution in [0.1, 0.15) is 38.4 Å². The fourth-order valence-electron chi connectivity index (χ4n) is 5.12. The number of likely N-dealkylation sites (N-methyl/N-ethyl adjacent to an activating group) is 1. The number of amides is 1. The highest BCUT2D eigenvalue weighted by atomic mass is 35.5. The Kier molecular flexibility index (Phi) is 9.21. The predicted molar refractivity (Wildman–Crippen MR) is 158 cm³/mol. The zero-order valence-electron chi connectivity index (χ0n) is 24.1. The second kappa shape index (κ2) is 12.7. The molecular weight excluding hydrogens is 562 g/mol. The van der Waals surface area contributed by atoms with Crippen LogP contribution in [0.5, 0.6) is 0 Å². The summed E-state index contributed by atoms with van der Waals surface area (Å²) >= 11 is 6.95. The summed E-state index contributed by atoms with van der Waals surface area (Å²) in [6.07, 6.45) is 1.45. The number of hydrogen-bond acceptors (Lipinski definition) is 12. The van der Waals surface area contributed by atoms with E-state index < -0.39 is 11.7 Å². The van der Waals surface area contributed by atoms with Crippen LogP contribution >= 0.6 is 11.6 Å². The van der Waals surface area contributed by atoms with Crippen LogP contribution in [0.3, 0.4) is 0 Å². The first-order valence-electron chi connectivity index (χ1n) is 13.4. The van der Waals surface area contributed by atoms with E-state index in [0.29, 0.717) is 66.0 Å². The molecule has 1 aliphatic rings. The number of nitriles is 2. The van der Waals surface area contributed by atoms with Crippen LogP contribution in [-0.4, -0.2) is 93.7 Å². The number of anilines is 4. The minimum atomic E-state index is -0.963. The van der Waals surface area contributed by atoms with E-state index >= 15 is 0 Å². The van der Waals surface area contributed by atoms with Crippen molar-refractivity contribution in [3.8, 4) is 12.1 Å². The van der Waals surface area contributed by atoms with Crippen molar-refractivity contribution in [3.05, 3.63) is 34.6 Å². The highest BCUT2D eigenvalue weighted by Gasteiger charge is 2.36. The molecule has 3 aromatic rings. The first kappa shape index (κ1) is 30.6. The fourth-order valence-corrected chi connectivity index (χ4v) is 5.39.